The molecule has 0 aliphatic heterocycles. The zero-order chi connectivity index (χ0) is 15.5. The first-order chi connectivity index (χ1) is 10.6. The number of phenols is 1. The highest BCUT2D eigenvalue weighted by Crippen LogP contribution is 2.31. The molecule has 0 saturated heterocycles. The van der Waals surface area contributed by atoms with Gasteiger partial charge in [0, 0.05) is 11.3 Å². The van der Waals surface area contributed by atoms with Gasteiger partial charge in [-0.25, -0.2) is 9.37 Å². The largest absolute Gasteiger partial charge is 0.506 e. The lowest BCUT2D eigenvalue weighted by molar-refractivity contribution is 0.480. The molecule has 0 radical (unpaired) electrons. The fourth-order valence-electron chi connectivity index (χ4n) is 1.99. The number of thiazole rings is 1. The summed E-state index contributed by atoms with van der Waals surface area (Å²) in [7, 11) is 0. The highest BCUT2D eigenvalue weighted by molar-refractivity contribution is 7.22. The normalized spacial score (nSPS) is 10.2. The minimum absolute atomic E-state index is 0.0628. The van der Waals surface area contributed by atoms with Crippen molar-refractivity contribution in [3.05, 3.63) is 47.8 Å². The molecule has 1 aromatic heterocycles. The molecular weight excluding hydrogens is 301 g/mol. The molecule has 0 spiro atoms. The molecule has 4 nitrogen and oxygen atoms in total. The highest BCUT2D eigenvalue weighted by atomic mass is 32.1. The minimum Gasteiger partial charge on any atom is -0.506 e. The van der Waals surface area contributed by atoms with Crippen LogP contribution in [-0.4, -0.2) is 16.6 Å². The molecule has 1 heterocycles. The van der Waals surface area contributed by atoms with Gasteiger partial charge in [0.25, 0.3) is 0 Å². The fourth-order valence-corrected chi connectivity index (χ4v) is 2.79. The van der Waals surface area contributed by atoms with E-state index in [0.29, 0.717) is 28.4 Å². The molecule has 6 heteroatoms. The number of hydrogen-bond acceptors (Lipinski definition) is 5. The Morgan fingerprint density at radius 1 is 1.32 bits per heavy atom. The predicted octanol–water partition coefficient (Wildman–Crippen LogP) is 3.19. The van der Waals surface area contributed by atoms with Crippen molar-refractivity contribution in [2.75, 3.05) is 17.6 Å². The molecule has 0 atom stereocenters. The van der Waals surface area contributed by atoms with E-state index in [9.17, 15) is 9.50 Å². The number of phenolic OH excluding ortho intramolecular Hbond substituents is 1. The maximum atomic E-state index is 13.0. The zero-order valence-electron chi connectivity index (χ0n) is 11.4. The van der Waals surface area contributed by atoms with Gasteiger partial charge in [0.1, 0.15) is 17.1 Å². The number of nitrogen functional groups attached to an aromatic ring is 1. The summed E-state index contributed by atoms with van der Waals surface area (Å²) in [5.41, 5.74) is 7.46. The van der Waals surface area contributed by atoms with E-state index in [4.69, 9.17) is 5.73 Å². The Bertz CT molecular complexity index is 895. The number of nitrogens with one attached hydrogen (secondary N) is 1. The standard InChI is InChI=1S/C16H12FN3OS/c17-11-4-1-5-12(9-11)19-6-2-3-10-7-13(21)15-14(8-10)22-16(18)20-15/h1,4-5,7-9,19,21H,6H2,(H2,18,20). The number of fused-ring (bicyclic) bond motifs is 1. The van der Waals surface area contributed by atoms with Crippen LogP contribution < -0.4 is 11.1 Å². The van der Waals surface area contributed by atoms with Gasteiger partial charge in [-0.3, -0.25) is 0 Å². The lowest BCUT2D eigenvalue weighted by Crippen LogP contribution is -1.98. The Labute approximate surface area is 130 Å². The third-order valence-electron chi connectivity index (χ3n) is 2.93. The van der Waals surface area contributed by atoms with Crippen LogP contribution >= 0.6 is 11.3 Å². The second kappa shape index (κ2) is 5.92. The molecule has 0 aliphatic carbocycles. The summed E-state index contributed by atoms with van der Waals surface area (Å²) >= 11 is 1.30. The first kappa shape index (κ1) is 14.2. The molecule has 3 aromatic rings. The Morgan fingerprint density at radius 2 is 2.18 bits per heavy atom. The van der Waals surface area contributed by atoms with Crippen LogP contribution in [-0.2, 0) is 0 Å². The van der Waals surface area contributed by atoms with Crippen molar-refractivity contribution in [1.82, 2.24) is 4.98 Å². The smallest absolute Gasteiger partial charge is 0.181 e. The number of aromatic hydroxyl groups is 1. The number of benzene rings is 2. The number of nitrogens with two attached hydrogens (primary N) is 1. The van der Waals surface area contributed by atoms with E-state index < -0.39 is 0 Å². The van der Waals surface area contributed by atoms with Crippen LogP contribution in [0.2, 0.25) is 0 Å². The topological polar surface area (TPSA) is 71.2 Å². The van der Waals surface area contributed by atoms with Crippen molar-refractivity contribution in [3.63, 3.8) is 0 Å². The van der Waals surface area contributed by atoms with Gasteiger partial charge in [0.15, 0.2) is 5.13 Å². The molecule has 110 valence electrons. The van der Waals surface area contributed by atoms with Crippen LogP contribution in [0.15, 0.2) is 36.4 Å². The zero-order valence-corrected chi connectivity index (χ0v) is 12.2. The summed E-state index contributed by atoms with van der Waals surface area (Å²) in [4.78, 5) is 4.05. The monoisotopic (exact) mass is 313 g/mol. The van der Waals surface area contributed by atoms with Gasteiger partial charge in [-0.1, -0.05) is 29.2 Å². The van der Waals surface area contributed by atoms with Crippen molar-refractivity contribution in [2.45, 2.75) is 0 Å². The van der Waals surface area contributed by atoms with Crippen molar-refractivity contribution in [2.24, 2.45) is 0 Å². The summed E-state index contributed by atoms with van der Waals surface area (Å²) in [5.74, 6) is 5.64. The summed E-state index contributed by atoms with van der Waals surface area (Å²) in [5, 5.41) is 13.3. The second-order valence-electron chi connectivity index (χ2n) is 4.56. The molecule has 4 N–H and O–H groups in total. The van der Waals surface area contributed by atoms with Crippen molar-refractivity contribution in [1.29, 1.82) is 0 Å². The molecule has 0 amide bonds. The van der Waals surface area contributed by atoms with E-state index in [1.54, 1.807) is 18.2 Å². The Hall–Kier alpha value is -2.78. The van der Waals surface area contributed by atoms with Gasteiger partial charge in [-0.05, 0) is 30.3 Å². The summed E-state index contributed by atoms with van der Waals surface area (Å²) in [6.45, 7) is 0.368. The van der Waals surface area contributed by atoms with Gasteiger partial charge >= 0.3 is 0 Å². The summed E-state index contributed by atoms with van der Waals surface area (Å²) in [6.07, 6.45) is 0. The van der Waals surface area contributed by atoms with Crippen LogP contribution in [0, 0.1) is 17.7 Å². The minimum atomic E-state index is -0.295. The third-order valence-corrected chi connectivity index (χ3v) is 3.76. The molecule has 0 fully saturated rings. The first-order valence-corrected chi connectivity index (χ1v) is 7.31. The van der Waals surface area contributed by atoms with E-state index in [2.05, 4.69) is 22.1 Å². The second-order valence-corrected chi connectivity index (χ2v) is 5.62. The number of nitrogens with zero attached hydrogens (tertiary/aromatic N) is 1. The molecule has 0 aliphatic rings. The first-order valence-electron chi connectivity index (χ1n) is 6.49. The molecule has 0 bridgehead atoms. The van der Waals surface area contributed by atoms with E-state index in [1.807, 2.05) is 6.07 Å². The van der Waals surface area contributed by atoms with Crippen molar-refractivity contribution >= 4 is 32.4 Å². The van der Waals surface area contributed by atoms with Crippen LogP contribution in [0.5, 0.6) is 5.75 Å². The number of halogens is 1. The lowest BCUT2D eigenvalue weighted by atomic mass is 10.2. The fraction of sp³-hybridized carbons (Fsp3) is 0.0625. The predicted molar refractivity (Wildman–Crippen MR) is 87.5 cm³/mol. The van der Waals surface area contributed by atoms with Gasteiger partial charge in [0.2, 0.25) is 0 Å². The quantitative estimate of drug-likeness (QED) is 0.635. The van der Waals surface area contributed by atoms with Crippen molar-refractivity contribution in [3.8, 4) is 17.6 Å². The van der Waals surface area contributed by atoms with Crippen LogP contribution in [0.1, 0.15) is 5.56 Å². The van der Waals surface area contributed by atoms with E-state index in [0.717, 1.165) is 4.70 Å². The maximum absolute atomic E-state index is 13.0. The third kappa shape index (κ3) is 3.10. The molecule has 22 heavy (non-hydrogen) atoms. The number of hydrogen-bond donors (Lipinski definition) is 3. The average Bonchev–Trinajstić information content (AvgIpc) is 2.85. The van der Waals surface area contributed by atoms with Crippen LogP contribution in [0.4, 0.5) is 15.2 Å². The number of anilines is 2. The Morgan fingerprint density at radius 3 is 3.00 bits per heavy atom. The summed E-state index contributed by atoms with van der Waals surface area (Å²) < 4.78 is 13.8. The van der Waals surface area contributed by atoms with Gasteiger partial charge in [0.05, 0.1) is 11.2 Å². The number of aromatic nitrogens is 1. The molecule has 0 unspecified atom stereocenters. The average molecular weight is 313 g/mol. The van der Waals surface area contributed by atoms with E-state index in [1.165, 1.54) is 23.5 Å². The maximum Gasteiger partial charge on any atom is 0.181 e. The molecule has 2 aromatic carbocycles. The van der Waals surface area contributed by atoms with Gasteiger partial charge in [-0.15, -0.1) is 0 Å². The van der Waals surface area contributed by atoms with Crippen molar-refractivity contribution < 1.29 is 9.50 Å². The van der Waals surface area contributed by atoms with Crippen LogP contribution in [0.25, 0.3) is 10.2 Å². The molecule has 3 rings (SSSR count). The Kier molecular flexibility index (Phi) is 3.81. The molecule has 0 saturated carbocycles. The lowest BCUT2D eigenvalue weighted by Gasteiger charge is -2.01. The van der Waals surface area contributed by atoms with Gasteiger partial charge in [-0.2, -0.15) is 0 Å². The highest BCUT2D eigenvalue weighted by Gasteiger charge is 2.07. The molecular formula is C16H12FN3OS. The Balaban J connectivity index is 1.74. The van der Waals surface area contributed by atoms with Crippen LogP contribution in [0.3, 0.4) is 0 Å². The van der Waals surface area contributed by atoms with E-state index in [-0.39, 0.29) is 11.6 Å². The SMILES string of the molecule is Nc1nc2c(O)cc(C#CCNc3cccc(F)c3)cc2s1. The van der Waals surface area contributed by atoms with E-state index >= 15 is 0 Å². The summed E-state index contributed by atoms with van der Waals surface area (Å²) in [6, 6.07) is 9.57. The number of rotatable bonds is 2. The van der Waals surface area contributed by atoms with Gasteiger partial charge < -0.3 is 16.2 Å².